The van der Waals surface area contributed by atoms with Crippen LogP contribution in [0.3, 0.4) is 0 Å². The number of piperidine rings is 1. The van der Waals surface area contributed by atoms with E-state index in [0.717, 1.165) is 19.4 Å². The van der Waals surface area contributed by atoms with Crippen molar-refractivity contribution in [2.75, 3.05) is 11.4 Å². The number of furan rings is 1. The molecule has 1 saturated heterocycles. The summed E-state index contributed by atoms with van der Waals surface area (Å²) in [4.78, 5) is 12.5. The zero-order valence-corrected chi connectivity index (χ0v) is 8.72. The Hall–Kier alpha value is -1.29. The third-order valence-electron chi connectivity index (χ3n) is 2.96. The molecule has 0 aliphatic carbocycles. The van der Waals surface area contributed by atoms with Crippen molar-refractivity contribution in [2.45, 2.75) is 31.9 Å². The fourth-order valence-electron chi connectivity index (χ4n) is 1.99. The summed E-state index contributed by atoms with van der Waals surface area (Å²) in [6.45, 7) is 2.83. The van der Waals surface area contributed by atoms with Gasteiger partial charge in [-0.1, -0.05) is 0 Å². The number of nitrogens with zero attached hydrogens (tertiary/aromatic N) is 1. The van der Waals surface area contributed by atoms with Crippen LogP contribution in [0.15, 0.2) is 16.5 Å². The second-order valence-corrected chi connectivity index (χ2v) is 3.94. The Balaban J connectivity index is 2.18. The number of aliphatic hydroxyl groups excluding tert-OH is 1. The summed E-state index contributed by atoms with van der Waals surface area (Å²) < 4.78 is 5.34. The number of hydrogen-bond acceptors (Lipinski definition) is 4. The highest BCUT2D eigenvalue weighted by Gasteiger charge is 2.27. The van der Waals surface area contributed by atoms with Gasteiger partial charge >= 0.3 is 0 Å². The van der Waals surface area contributed by atoms with E-state index >= 15 is 0 Å². The maximum atomic E-state index is 10.5. The summed E-state index contributed by atoms with van der Waals surface area (Å²) in [6.07, 6.45) is 2.15. The number of aldehydes is 1. The molecule has 4 heteroatoms. The normalized spacial score (nSPS) is 26.7. The van der Waals surface area contributed by atoms with Crippen LogP contribution >= 0.6 is 0 Å². The van der Waals surface area contributed by atoms with E-state index in [1.165, 1.54) is 0 Å². The number of aliphatic hydroxyl groups is 1. The van der Waals surface area contributed by atoms with Gasteiger partial charge in [-0.15, -0.1) is 0 Å². The predicted octanol–water partition coefficient (Wildman–Crippen LogP) is 1.44. The third kappa shape index (κ3) is 1.90. The average Bonchev–Trinajstić information content (AvgIpc) is 2.70. The minimum atomic E-state index is -0.316. The Morgan fingerprint density at radius 1 is 1.60 bits per heavy atom. The van der Waals surface area contributed by atoms with E-state index in [1.807, 2.05) is 11.8 Å². The van der Waals surface area contributed by atoms with Gasteiger partial charge in [0, 0.05) is 12.6 Å². The van der Waals surface area contributed by atoms with Gasteiger partial charge in [-0.2, -0.15) is 0 Å². The van der Waals surface area contributed by atoms with E-state index in [9.17, 15) is 9.90 Å². The molecule has 4 nitrogen and oxygen atoms in total. The van der Waals surface area contributed by atoms with Gasteiger partial charge in [-0.05, 0) is 25.8 Å². The number of hydrogen-bond donors (Lipinski definition) is 1. The van der Waals surface area contributed by atoms with Crippen molar-refractivity contribution in [1.82, 2.24) is 0 Å². The second-order valence-electron chi connectivity index (χ2n) is 3.94. The van der Waals surface area contributed by atoms with Gasteiger partial charge in [0.25, 0.3) is 0 Å². The predicted molar refractivity (Wildman–Crippen MR) is 56.1 cm³/mol. The fourth-order valence-corrected chi connectivity index (χ4v) is 1.99. The molecule has 0 radical (unpaired) electrons. The Morgan fingerprint density at radius 2 is 2.40 bits per heavy atom. The highest BCUT2D eigenvalue weighted by molar-refractivity contribution is 5.71. The average molecular weight is 209 g/mol. The van der Waals surface area contributed by atoms with Crippen LogP contribution in [0.2, 0.25) is 0 Å². The minimum Gasteiger partial charge on any atom is -0.438 e. The fraction of sp³-hybridized carbons (Fsp3) is 0.545. The number of carbonyl (C=O) groups excluding carboxylic acids is 1. The standard InChI is InChI=1S/C11H15NO3/c1-8-10(14)3-2-6-12(8)11-5-4-9(7-13)15-11/h4-5,7-8,10,14H,2-3,6H2,1H3/t8-,10-/m1/s1. The van der Waals surface area contributed by atoms with Crippen LogP contribution in [-0.2, 0) is 0 Å². The zero-order chi connectivity index (χ0) is 10.8. The maximum Gasteiger partial charge on any atom is 0.196 e. The summed E-state index contributed by atoms with van der Waals surface area (Å²) in [7, 11) is 0. The largest absolute Gasteiger partial charge is 0.438 e. The lowest BCUT2D eigenvalue weighted by molar-refractivity contribution is 0.109. The molecule has 0 saturated carbocycles. The van der Waals surface area contributed by atoms with Gasteiger partial charge in [-0.3, -0.25) is 4.79 Å². The van der Waals surface area contributed by atoms with Crippen LogP contribution in [0.25, 0.3) is 0 Å². The highest BCUT2D eigenvalue weighted by Crippen LogP contribution is 2.26. The summed E-state index contributed by atoms with van der Waals surface area (Å²) in [5.41, 5.74) is 0. The number of rotatable bonds is 2. The van der Waals surface area contributed by atoms with Crippen molar-refractivity contribution in [3.05, 3.63) is 17.9 Å². The van der Waals surface area contributed by atoms with Crippen molar-refractivity contribution in [3.63, 3.8) is 0 Å². The first-order valence-electron chi connectivity index (χ1n) is 5.22. The summed E-state index contributed by atoms with van der Waals surface area (Å²) in [5, 5.41) is 9.72. The summed E-state index contributed by atoms with van der Waals surface area (Å²) in [6, 6.07) is 3.47. The van der Waals surface area contributed by atoms with Crippen LogP contribution in [0, 0.1) is 0 Å². The van der Waals surface area contributed by atoms with E-state index in [-0.39, 0.29) is 12.1 Å². The SMILES string of the molecule is C[C@@H]1[C@H](O)CCCN1c1ccc(C=O)o1. The lowest BCUT2D eigenvalue weighted by Crippen LogP contribution is -2.46. The van der Waals surface area contributed by atoms with Gasteiger partial charge in [0.15, 0.2) is 17.9 Å². The van der Waals surface area contributed by atoms with Crippen LogP contribution in [-0.4, -0.2) is 30.1 Å². The third-order valence-corrected chi connectivity index (χ3v) is 2.96. The smallest absolute Gasteiger partial charge is 0.196 e. The Morgan fingerprint density at radius 3 is 3.07 bits per heavy atom. The molecule has 1 aromatic rings. The van der Waals surface area contributed by atoms with E-state index < -0.39 is 0 Å². The van der Waals surface area contributed by atoms with Gasteiger partial charge in [0.2, 0.25) is 0 Å². The van der Waals surface area contributed by atoms with E-state index in [1.54, 1.807) is 12.1 Å². The molecule has 1 aliphatic heterocycles. The molecule has 15 heavy (non-hydrogen) atoms. The van der Waals surface area contributed by atoms with Crippen molar-refractivity contribution in [2.24, 2.45) is 0 Å². The van der Waals surface area contributed by atoms with Gasteiger partial charge < -0.3 is 14.4 Å². The molecule has 1 N–H and O–H groups in total. The summed E-state index contributed by atoms with van der Waals surface area (Å²) >= 11 is 0. The summed E-state index contributed by atoms with van der Waals surface area (Å²) in [5.74, 6) is 1.00. The molecule has 0 amide bonds. The maximum absolute atomic E-state index is 10.5. The quantitative estimate of drug-likeness (QED) is 0.749. The first-order chi connectivity index (χ1) is 7.22. The zero-order valence-electron chi connectivity index (χ0n) is 8.72. The number of anilines is 1. The van der Waals surface area contributed by atoms with Gasteiger partial charge in [0.05, 0.1) is 12.1 Å². The van der Waals surface area contributed by atoms with Crippen molar-refractivity contribution >= 4 is 12.2 Å². The van der Waals surface area contributed by atoms with Crippen LogP contribution < -0.4 is 4.90 Å². The Kier molecular flexibility index (Phi) is 2.77. The molecule has 1 aromatic heterocycles. The van der Waals surface area contributed by atoms with E-state index in [2.05, 4.69) is 0 Å². The van der Waals surface area contributed by atoms with Crippen molar-refractivity contribution in [3.8, 4) is 0 Å². The topological polar surface area (TPSA) is 53.7 Å². The van der Waals surface area contributed by atoms with Crippen LogP contribution in [0.5, 0.6) is 0 Å². The lowest BCUT2D eigenvalue weighted by Gasteiger charge is -2.36. The molecule has 82 valence electrons. The molecular weight excluding hydrogens is 194 g/mol. The van der Waals surface area contributed by atoms with Crippen molar-refractivity contribution in [1.29, 1.82) is 0 Å². The molecular formula is C11H15NO3. The van der Waals surface area contributed by atoms with Crippen molar-refractivity contribution < 1.29 is 14.3 Å². The molecule has 2 heterocycles. The number of carbonyl (C=O) groups is 1. The lowest BCUT2D eigenvalue weighted by atomic mass is 10.0. The Labute approximate surface area is 88.5 Å². The second kappa shape index (κ2) is 4.06. The van der Waals surface area contributed by atoms with Gasteiger partial charge in [0.1, 0.15) is 0 Å². The minimum absolute atomic E-state index is 0.0457. The monoisotopic (exact) mass is 209 g/mol. The van der Waals surface area contributed by atoms with E-state index in [0.29, 0.717) is 17.9 Å². The Bertz CT molecular complexity index is 347. The molecule has 1 aliphatic rings. The molecule has 0 unspecified atom stereocenters. The first kappa shape index (κ1) is 10.2. The van der Waals surface area contributed by atoms with Gasteiger partial charge in [-0.25, -0.2) is 0 Å². The first-order valence-corrected chi connectivity index (χ1v) is 5.22. The molecule has 2 atom stereocenters. The molecule has 0 spiro atoms. The molecule has 2 rings (SSSR count). The van der Waals surface area contributed by atoms with Crippen LogP contribution in [0.4, 0.5) is 5.88 Å². The molecule has 1 fully saturated rings. The van der Waals surface area contributed by atoms with Crippen LogP contribution in [0.1, 0.15) is 30.3 Å². The molecule has 0 bridgehead atoms. The van der Waals surface area contributed by atoms with E-state index in [4.69, 9.17) is 4.42 Å². The highest BCUT2D eigenvalue weighted by atomic mass is 16.4. The molecule has 0 aromatic carbocycles.